The van der Waals surface area contributed by atoms with Crippen LogP contribution in [0.5, 0.6) is 0 Å². The second-order valence-electron chi connectivity index (χ2n) is 11.1. The van der Waals surface area contributed by atoms with Crippen LogP contribution in [0.3, 0.4) is 0 Å². The van der Waals surface area contributed by atoms with Crippen LogP contribution < -0.4 is 0 Å². The zero-order valence-electron chi connectivity index (χ0n) is 24.7. The Morgan fingerprint density at radius 1 is 0.775 bits per heavy atom. The molecule has 11 heteroatoms. The molecule has 0 aromatic rings. The van der Waals surface area contributed by atoms with Gasteiger partial charge in [0.1, 0.15) is 30.5 Å². The number of hydrogen-bond acceptors (Lipinski definition) is 11. The van der Waals surface area contributed by atoms with Crippen molar-refractivity contribution in [3.63, 3.8) is 0 Å². The fourth-order valence-electron chi connectivity index (χ4n) is 4.83. The van der Waals surface area contributed by atoms with Gasteiger partial charge in [-0.1, -0.05) is 77.6 Å². The Morgan fingerprint density at radius 2 is 1.35 bits per heavy atom. The quantitative estimate of drug-likeness (QED) is 0.0614. The summed E-state index contributed by atoms with van der Waals surface area (Å²) in [6.07, 6.45) is 4.86. The van der Waals surface area contributed by atoms with E-state index >= 15 is 0 Å². The van der Waals surface area contributed by atoms with E-state index < -0.39 is 68.3 Å². The highest BCUT2D eigenvalue weighted by molar-refractivity contribution is 4.91. The molecule has 0 saturated carbocycles. The van der Waals surface area contributed by atoms with E-state index in [0.717, 1.165) is 19.3 Å². The Kier molecular flexibility index (Phi) is 21.7. The van der Waals surface area contributed by atoms with E-state index in [-0.39, 0.29) is 19.6 Å². The maximum absolute atomic E-state index is 10.7. The van der Waals surface area contributed by atoms with Crippen molar-refractivity contribution in [2.45, 2.75) is 147 Å². The van der Waals surface area contributed by atoms with Gasteiger partial charge in [-0.15, -0.1) is 0 Å². The first-order valence-corrected chi connectivity index (χ1v) is 15.4. The van der Waals surface area contributed by atoms with Crippen LogP contribution in [-0.4, -0.2) is 118 Å². The number of aliphatic hydroxyl groups is 7. The molecule has 11 nitrogen and oxygen atoms in total. The van der Waals surface area contributed by atoms with E-state index in [1.54, 1.807) is 0 Å². The molecule has 1 aliphatic rings. The van der Waals surface area contributed by atoms with Crippen LogP contribution >= 0.6 is 0 Å². The second-order valence-corrected chi connectivity index (χ2v) is 11.1. The van der Waals surface area contributed by atoms with Gasteiger partial charge in [0.2, 0.25) is 0 Å². The van der Waals surface area contributed by atoms with Gasteiger partial charge in [-0.05, 0) is 19.8 Å². The second kappa shape index (κ2) is 23.1. The summed E-state index contributed by atoms with van der Waals surface area (Å²) in [5.74, 6) is -0.531. The summed E-state index contributed by atoms with van der Waals surface area (Å²) in [5.41, 5.74) is 0. The van der Waals surface area contributed by atoms with Crippen molar-refractivity contribution in [3.05, 3.63) is 0 Å². The van der Waals surface area contributed by atoms with Gasteiger partial charge in [0.05, 0.1) is 25.9 Å². The van der Waals surface area contributed by atoms with Crippen LogP contribution in [0.2, 0.25) is 0 Å². The fourth-order valence-corrected chi connectivity index (χ4v) is 4.83. The summed E-state index contributed by atoms with van der Waals surface area (Å²) in [6.45, 7) is 2.56. The Bertz CT molecular complexity index is 580. The summed E-state index contributed by atoms with van der Waals surface area (Å²) in [4.78, 5) is 0. The Morgan fingerprint density at radius 3 is 1.85 bits per heavy atom. The molecule has 0 aromatic carbocycles. The van der Waals surface area contributed by atoms with E-state index in [1.807, 2.05) is 0 Å². The normalized spacial score (nSPS) is 26.5. The predicted octanol–water partition coefficient (Wildman–Crippen LogP) is 1.60. The number of rotatable bonds is 25. The third-order valence-electron chi connectivity index (χ3n) is 7.36. The standard InChI is InChI=1S/C29H58O11/c1-3-4-5-6-7-8-9-10-11-12-13-14-15-37-29-26(36)25(35)27(24(19-32)39-29)40-28(21(2)33)38-20-22(17-30)16-23(34)18-31/h21-36H,3-20H2,1-2H3/t21-,22?,23+,24?,25?,26-,27+,28+,29+/m0/s1. The smallest absolute Gasteiger partial charge is 0.186 e. The van der Waals surface area contributed by atoms with Gasteiger partial charge in [0, 0.05) is 19.1 Å². The minimum Gasteiger partial charge on any atom is -0.396 e. The Hall–Kier alpha value is -0.440. The first-order chi connectivity index (χ1) is 19.3. The van der Waals surface area contributed by atoms with Gasteiger partial charge < -0.3 is 54.7 Å². The molecule has 9 atom stereocenters. The fraction of sp³-hybridized carbons (Fsp3) is 1.00. The summed E-state index contributed by atoms with van der Waals surface area (Å²) in [7, 11) is 0. The van der Waals surface area contributed by atoms with Crippen molar-refractivity contribution in [2.24, 2.45) is 5.92 Å². The van der Waals surface area contributed by atoms with Gasteiger partial charge >= 0.3 is 0 Å². The highest BCUT2D eigenvalue weighted by atomic mass is 16.7. The number of ether oxygens (including phenoxy) is 4. The maximum atomic E-state index is 10.7. The van der Waals surface area contributed by atoms with Crippen LogP contribution in [-0.2, 0) is 18.9 Å². The van der Waals surface area contributed by atoms with E-state index in [9.17, 15) is 30.6 Å². The van der Waals surface area contributed by atoms with Crippen LogP contribution in [0, 0.1) is 5.92 Å². The third-order valence-corrected chi connectivity index (χ3v) is 7.36. The minimum atomic E-state index is -1.48. The molecule has 0 amide bonds. The zero-order chi connectivity index (χ0) is 29.8. The summed E-state index contributed by atoms with van der Waals surface area (Å²) in [6, 6.07) is 0. The summed E-state index contributed by atoms with van der Waals surface area (Å²) < 4.78 is 22.7. The molecule has 1 aliphatic heterocycles. The van der Waals surface area contributed by atoms with E-state index in [0.29, 0.717) is 6.61 Å². The maximum Gasteiger partial charge on any atom is 0.186 e. The molecule has 0 radical (unpaired) electrons. The summed E-state index contributed by atoms with van der Waals surface area (Å²) >= 11 is 0. The molecule has 1 saturated heterocycles. The lowest BCUT2D eigenvalue weighted by molar-refractivity contribution is -0.334. The van der Waals surface area contributed by atoms with Crippen LogP contribution in [0.4, 0.5) is 0 Å². The lowest BCUT2D eigenvalue weighted by Gasteiger charge is -2.43. The van der Waals surface area contributed by atoms with Crippen molar-refractivity contribution >= 4 is 0 Å². The summed E-state index contributed by atoms with van der Waals surface area (Å²) in [5, 5.41) is 69.4. The van der Waals surface area contributed by atoms with E-state index in [4.69, 9.17) is 24.1 Å². The topological polar surface area (TPSA) is 179 Å². The van der Waals surface area contributed by atoms with Gasteiger partial charge in [-0.2, -0.15) is 0 Å². The van der Waals surface area contributed by atoms with Crippen molar-refractivity contribution in [1.82, 2.24) is 0 Å². The van der Waals surface area contributed by atoms with Gasteiger partial charge in [-0.3, -0.25) is 0 Å². The van der Waals surface area contributed by atoms with Crippen LogP contribution in [0.1, 0.15) is 97.3 Å². The molecule has 0 bridgehead atoms. The van der Waals surface area contributed by atoms with E-state index in [1.165, 1.54) is 64.7 Å². The highest BCUT2D eigenvalue weighted by Gasteiger charge is 2.47. The highest BCUT2D eigenvalue weighted by Crippen LogP contribution is 2.27. The van der Waals surface area contributed by atoms with Crippen molar-refractivity contribution in [2.75, 3.05) is 33.0 Å². The largest absolute Gasteiger partial charge is 0.396 e. The number of aliphatic hydroxyl groups excluding tert-OH is 7. The van der Waals surface area contributed by atoms with Crippen molar-refractivity contribution in [1.29, 1.82) is 0 Å². The van der Waals surface area contributed by atoms with Gasteiger partial charge in [0.15, 0.2) is 12.6 Å². The Labute approximate surface area is 240 Å². The van der Waals surface area contributed by atoms with Crippen molar-refractivity contribution in [3.8, 4) is 0 Å². The monoisotopic (exact) mass is 582 g/mol. The van der Waals surface area contributed by atoms with Gasteiger partial charge in [-0.25, -0.2) is 0 Å². The minimum absolute atomic E-state index is 0.0743. The zero-order valence-corrected chi connectivity index (χ0v) is 24.7. The number of hydrogen-bond donors (Lipinski definition) is 7. The molecule has 1 heterocycles. The average Bonchev–Trinajstić information content (AvgIpc) is 2.95. The lowest BCUT2D eigenvalue weighted by Crippen LogP contribution is -2.61. The molecule has 7 N–H and O–H groups in total. The number of unbranched alkanes of at least 4 members (excludes halogenated alkanes) is 11. The predicted molar refractivity (Wildman–Crippen MR) is 149 cm³/mol. The van der Waals surface area contributed by atoms with Crippen LogP contribution in [0.25, 0.3) is 0 Å². The first-order valence-electron chi connectivity index (χ1n) is 15.4. The molecular weight excluding hydrogens is 524 g/mol. The van der Waals surface area contributed by atoms with Crippen molar-refractivity contribution < 1.29 is 54.7 Å². The lowest BCUT2D eigenvalue weighted by atomic mass is 9.99. The molecule has 0 aliphatic carbocycles. The molecule has 0 spiro atoms. The molecular formula is C29H58O11. The molecule has 1 fully saturated rings. The molecule has 1 rings (SSSR count). The average molecular weight is 583 g/mol. The molecule has 240 valence electrons. The Balaban J connectivity index is 2.40. The first kappa shape index (κ1) is 37.6. The molecule has 0 aromatic heterocycles. The third kappa shape index (κ3) is 15.2. The SMILES string of the molecule is CCCCCCCCCCCCCCO[C@@H]1OC(CO)[C@@H](O[C@@H](OCC(CO)C[C@@H](O)CO)[C@H](C)O)C(O)[C@@H]1O. The van der Waals surface area contributed by atoms with E-state index in [2.05, 4.69) is 6.92 Å². The van der Waals surface area contributed by atoms with Crippen LogP contribution in [0.15, 0.2) is 0 Å². The molecule has 3 unspecified atom stereocenters. The van der Waals surface area contributed by atoms with Gasteiger partial charge in [0.25, 0.3) is 0 Å². The molecule has 40 heavy (non-hydrogen) atoms.